The number of nitrogens with zero attached hydrogens (tertiary/aromatic N) is 1. The second kappa shape index (κ2) is 6.66. The van der Waals surface area contributed by atoms with E-state index in [-0.39, 0.29) is 17.9 Å². The van der Waals surface area contributed by atoms with Crippen LogP contribution in [0.5, 0.6) is 0 Å². The van der Waals surface area contributed by atoms with Crippen molar-refractivity contribution in [1.82, 2.24) is 10.3 Å². The number of carbonyl (C=O) groups is 1. The summed E-state index contributed by atoms with van der Waals surface area (Å²) in [5.41, 5.74) is 2.12. The summed E-state index contributed by atoms with van der Waals surface area (Å²) in [6, 6.07) is 4.02. The molecule has 0 bridgehead atoms. The van der Waals surface area contributed by atoms with Crippen molar-refractivity contribution in [3.05, 3.63) is 29.6 Å². The molecule has 0 spiro atoms. The molecule has 1 aliphatic rings. The van der Waals surface area contributed by atoms with Crippen LogP contribution >= 0.6 is 0 Å². The van der Waals surface area contributed by atoms with Crippen LogP contribution in [0.15, 0.2) is 18.3 Å². The average molecular weight is 262 g/mol. The standard InChI is InChI=1S/C15H22N2O2/c1-3-13(14-10-11(2)4-7-16-14)17-15(18)12-5-8-19-9-6-12/h4,7,10,12-13H,3,5-6,8-9H2,1-2H3,(H,17,18). The maximum Gasteiger partial charge on any atom is 0.223 e. The summed E-state index contributed by atoms with van der Waals surface area (Å²) in [4.78, 5) is 16.6. The van der Waals surface area contributed by atoms with Gasteiger partial charge in [-0.1, -0.05) is 6.92 Å². The molecule has 1 aliphatic heterocycles. The zero-order chi connectivity index (χ0) is 13.7. The maximum absolute atomic E-state index is 12.2. The number of rotatable bonds is 4. The number of carbonyl (C=O) groups excluding carboxylic acids is 1. The highest BCUT2D eigenvalue weighted by Gasteiger charge is 2.24. The van der Waals surface area contributed by atoms with Gasteiger partial charge in [0.2, 0.25) is 5.91 Å². The second-order valence-electron chi connectivity index (χ2n) is 5.11. The van der Waals surface area contributed by atoms with E-state index in [1.54, 1.807) is 6.20 Å². The van der Waals surface area contributed by atoms with E-state index in [0.717, 1.165) is 25.0 Å². The fourth-order valence-electron chi connectivity index (χ4n) is 2.38. The lowest BCUT2D eigenvalue weighted by molar-refractivity contribution is -0.128. The first-order valence-electron chi connectivity index (χ1n) is 7.01. The van der Waals surface area contributed by atoms with Gasteiger partial charge in [0.1, 0.15) is 0 Å². The third-order valence-corrected chi connectivity index (χ3v) is 3.61. The number of hydrogen-bond acceptors (Lipinski definition) is 3. The Bertz CT molecular complexity index is 428. The highest BCUT2D eigenvalue weighted by Crippen LogP contribution is 2.19. The van der Waals surface area contributed by atoms with Gasteiger partial charge in [0.25, 0.3) is 0 Å². The molecule has 1 unspecified atom stereocenters. The Balaban J connectivity index is 2.00. The first kappa shape index (κ1) is 14.0. The molecule has 2 rings (SSSR count). The molecule has 1 saturated heterocycles. The smallest absolute Gasteiger partial charge is 0.223 e. The molecule has 4 heteroatoms. The quantitative estimate of drug-likeness (QED) is 0.906. The first-order valence-corrected chi connectivity index (χ1v) is 7.01. The minimum absolute atomic E-state index is 0.00949. The Morgan fingerprint density at radius 2 is 2.26 bits per heavy atom. The van der Waals surface area contributed by atoms with E-state index in [2.05, 4.69) is 17.2 Å². The zero-order valence-corrected chi connectivity index (χ0v) is 11.7. The van der Waals surface area contributed by atoms with E-state index in [0.29, 0.717) is 13.2 Å². The van der Waals surface area contributed by atoms with Crippen molar-refractivity contribution in [2.75, 3.05) is 13.2 Å². The molecule has 1 N–H and O–H groups in total. The van der Waals surface area contributed by atoms with Gasteiger partial charge in [-0.2, -0.15) is 0 Å². The minimum Gasteiger partial charge on any atom is -0.381 e. The summed E-state index contributed by atoms with van der Waals surface area (Å²) in [6.45, 7) is 5.49. The highest BCUT2D eigenvalue weighted by molar-refractivity contribution is 5.79. The number of hydrogen-bond donors (Lipinski definition) is 1. The van der Waals surface area contributed by atoms with Crippen molar-refractivity contribution < 1.29 is 9.53 Å². The van der Waals surface area contributed by atoms with E-state index >= 15 is 0 Å². The van der Waals surface area contributed by atoms with E-state index in [1.165, 1.54) is 5.56 Å². The van der Waals surface area contributed by atoms with Crippen LogP contribution in [-0.4, -0.2) is 24.1 Å². The van der Waals surface area contributed by atoms with Crippen molar-refractivity contribution in [2.45, 2.75) is 39.2 Å². The molecule has 19 heavy (non-hydrogen) atoms. The van der Waals surface area contributed by atoms with Gasteiger partial charge in [0.05, 0.1) is 11.7 Å². The molecular weight excluding hydrogens is 240 g/mol. The lowest BCUT2D eigenvalue weighted by Gasteiger charge is -2.24. The topological polar surface area (TPSA) is 51.2 Å². The number of aromatic nitrogens is 1. The molecule has 0 radical (unpaired) electrons. The average Bonchev–Trinajstić information content (AvgIpc) is 2.45. The predicted octanol–water partition coefficient (Wildman–Crippen LogP) is 2.38. The number of pyridine rings is 1. The molecule has 0 aliphatic carbocycles. The second-order valence-corrected chi connectivity index (χ2v) is 5.11. The molecule has 1 aromatic heterocycles. The van der Waals surface area contributed by atoms with Crippen LogP contribution in [0.3, 0.4) is 0 Å². The minimum atomic E-state index is 0.00949. The molecule has 1 atom stereocenters. The van der Waals surface area contributed by atoms with Gasteiger partial charge >= 0.3 is 0 Å². The SMILES string of the molecule is CCC(NC(=O)C1CCOCC1)c1cc(C)ccn1. The Morgan fingerprint density at radius 3 is 2.89 bits per heavy atom. The molecule has 2 heterocycles. The van der Waals surface area contributed by atoms with Gasteiger partial charge in [-0.15, -0.1) is 0 Å². The Labute approximate surface area is 114 Å². The normalized spacial score (nSPS) is 18.0. The summed E-state index contributed by atoms with van der Waals surface area (Å²) >= 11 is 0. The third kappa shape index (κ3) is 3.77. The molecule has 0 saturated carbocycles. The van der Waals surface area contributed by atoms with Crippen molar-refractivity contribution in [3.8, 4) is 0 Å². The van der Waals surface area contributed by atoms with Crippen LogP contribution in [-0.2, 0) is 9.53 Å². The maximum atomic E-state index is 12.2. The fraction of sp³-hybridized carbons (Fsp3) is 0.600. The Hall–Kier alpha value is -1.42. The predicted molar refractivity (Wildman–Crippen MR) is 73.7 cm³/mol. The molecule has 1 amide bonds. The van der Waals surface area contributed by atoms with Crippen molar-refractivity contribution in [1.29, 1.82) is 0 Å². The van der Waals surface area contributed by atoms with Gasteiger partial charge in [-0.3, -0.25) is 9.78 Å². The van der Waals surface area contributed by atoms with Crippen molar-refractivity contribution in [2.24, 2.45) is 5.92 Å². The molecule has 1 fully saturated rings. The Kier molecular flexibility index (Phi) is 4.91. The molecule has 1 aromatic rings. The van der Waals surface area contributed by atoms with Gasteiger partial charge in [-0.25, -0.2) is 0 Å². The molecule has 4 nitrogen and oxygen atoms in total. The number of aryl methyl sites for hydroxylation is 1. The van der Waals surface area contributed by atoms with Gasteiger partial charge in [-0.05, 0) is 43.9 Å². The van der Waals surface area contributed by atoms with Crippen LogP contribution in [0.4, 0.5) is 0 Å². The van der Waals surface area contributed by atoms with Crippen LogP contribution in [0.1, 0.15) is 43.5 Å². The molecular formula is C15H22N2O2. The monoisotopic (exact) mass is 262 g/mol. The lowest BCUT2D eigenvalue weighted by atomic mass is 9.98. The number of amides is 1. The third-order valence-electron chi connectivity index (χ3n) is 3.61. The number of nitrogens with one attached hydrogen (secondary N) is 1. The van der Waals surface area contributed by atoms with E-state index in [4.69, 9.17) is 4.74 Å². The van der Waals surface area contributed by atoms with Crippen molar-refractivity contribution >= 4 is 5.91 Å². The van der Waals surface area contributed by atoms with E-state index < -0.39 is 0 Å². The summed E-state index contributed by atoms with van der Waals surface area (Å²) in [5, 5.41) is 3.12. The summed E-state index contributed by atoms with van der Waals surface area (Å²) < 4.78 is 5.29. The van der Waals surface area contributed by atoms with Gasteiger partial charge in [0, 0.05) is 25.3 Å². The summed E-state index contributed by atoms with van der Waals surface area (Å²) in [6.07, 6.45) is 4.30. The largest absolute Gasteiger partial charge is 0.381 e. The summed E-state index contributed by atoms with van der Waals surface area (Å²) in [7, 11) is 0. The van der Waals surface area contributed by atoms with Gasteiger partial charge in [0.15, 0.2) is 0 Å². The summed E-state index contributed by atoms with van der Waals surface area (Å²) in [5.74, 6) is 0.228. The zero-order valence-electron chi connectivity index (χ0n) is 11.7. The van der Waals surface area contributed by atoms with E-state index in [1.807, 2.05) is 19.1 Å². The fourth-order valence-corrected chi connectivity index (χ4v) is 2.38. The lowest BCUT2D eigenvalue weighted by Crippen LogP contribution is -2.36. The van der Waals surface area contributed by atoms with Crippen LogP contribution in [0.2, 0.25) is 0 Å². The van der Waals surface area contributed by atoms with E-state index in [9.17, 15) is 4.79 Å². The highest BCUT2D eigenvalue weighted by atomic mass is 16.5. The molecule has 104 valence electrons. The van der Waals surface area contributed by atoms with Crippen molar-refractivity contribution in [3.63, 3.8) is 0 Å². The first-order chi connectivity index (χ1) is 9.20. The number of ether oxygens (including phenoxy) is 1. The van der Waals surface area contributed by atoms with Crippen LogP contribution in [0.25, 0.3) is 0 Å². The van der Waals surface area contributed by atoms with Gasteiger partial charge < -0.3 is 10.1 Å². The molecule has 0 aromatic carbocycles. The van der Waals surface area contributed by atoms with Crippen LogP contribution < -0.4 is 5.32 Å². The van der Waals surface area contributed by atoms with Crippen LogP contribution in [0, 0.1) is 12.8 Å². The Morgan fingerprint density at radius 1 is 1.53 bits per heavy atom.